The Balaban J connectivity index is 1.83. The quantitative estimate of drug-likeness (QED) is 0.566. The summed E-state index contributed by atoms with van der Waals surface area (Å²) in [5.74, 6) is -0.893. The van der Waals surface area contributed by atoms with Crippen molar-refractivity contribution in [2.24, 2.45) is 0 Å². The molecule has 0 bridgehead atoms. The number of hydrogen-bond donors (Lipinski definition) is 2. The Bertz CT molecular complexity index is 1030. The number of aromatic amines is 1. The van der Waals surface area contributed by atoms with Gasteiger partial charge in [0.1, 0.15) is 17.3 Å². The highest BCUT2D eigenvalue weighted by Gasteiger charge is 2.30. The fourth-order valence-corrected chi connectivity index (χ4v) is 2.61. The van der Waals surface area contributed by atoms with E-state index in [1.54, 1.807) is 13.8 Å². The van der Waals surface area contributed by atoms with Gasteiger partial charge in [-0.2, -0.15) is 18.3 Å². The highest BCUT2D eigenvalue weighted by Crippen LogP contribution is 2.32. The lowest BCUT2D eigenvalue weighted by molar-refractivity contribution is -0.137. The number of amides is 1. The Labute approximate surface area is 163 Å². The Morgan fingerprint density at radius 2 is 1.90 bits per heavy atom. The fourth-order valence-electron chi connectivity index (χ4n) is 2.61. The molecule has 5 nitrogen and oxygen atoms in total. The van der Waals surface area contributed by atoms with Crippen molar-refractivity contribution in [2.45, 2.75) is 26.1 Å². The number of nitrogens with one attached hydrogen (secondary N) is 2. The SMILES string of the molecule is CC(C)Oc1cc(F)ccc1-c1cc(C(=O)Nc2cccc(C(F)(F)F)c2)[nH]n1. The number of anilines is 1. The number of nitrogens with zero attached hydrogens (tertiary/aromatic N) is 1. The minimum absolute atomic E-state index is 0.00779. The number of benzene rings is 2. The van der Waals surface area contributed by atoms with Gasteiger partial charge in [-0.15, -0.1) is 0 Å². The molecule has 0 aliphatic rings. The van der Waals surface area contributed by atoms with Crippen molar-refractivity contribution >= 4 is 11.6 Å². The number of alkyl halides is 3. The maximum absolute atomic E-state index is 13.6. The topological polar surface area (TPSA) is 67.0 Å². The molecular formula is C20H17F4N3O2. The number of H-pyrrole nitrogens is 1. The van der Waals surface area contributed by atoms with Gasteiger partial charge in [0.2, 0.25) is 0 Å². The zero-order chi connectivity index (χ0) is 21.2. The van der Waals surface area contributed by atoms with Crippen molar-refractivity contribution in [2.75, 3.05) is 5.32 Å². The summed E-state index contributed by atoms with van der Waals surface area (Å²) in [7, 11) is 0. The lowest BCUT2D eigenvalue weighted by Crippen LogP contribution is -2.13. The fraction of sp³-hybridized carbons (Fsp3) is 0.200. The van der Waals surface area contributed by atoms with Crippen LogP contribution in [0.25, 0.3) is 11.3 Å². The molecule has 0 saturated carbocycles. The summed E-state index contributed by atoms with van der Waals surface area (Å²) in [6, 6.07) is 9.62. The molecule has 0 saturated heterocycles. The van der Waals surface area contributed by atoms with E-state index in [2.05, 4.69) is 15.5 Å². The predicted molar refractivity (Wildman–Crippen MR) is 99.1 cm³/mol. The molecule has 1 amide bonds. The molecule has 1 heterocycles. The maximum atomic E-state index is 13.6. The second kappa shape index (κ2) is 7.94. The third kappa shape index (κ3) is 4.92. The van der Waals surface area contributed by atoms with Crippen molar-refractivity contribution in [1.29, 1.82) is 0 Å². The standard InChI is InChI=1S/C20H17F4N3O2/c1-11(2)29-18-9-13(21)6-7-15(18)16-10-17(27-26-16)19(28)25-14-5-3-4-12(8-14)20(22,23)24/h3-11H,1-2H3,(H,25,28)(H,26,27). The summed E-state index contributed by atoms with van der Waals surface area (Å²) in [5.41, 5.74) is -0.0597. The van der Waals surface area contributed by atoms with Gasteiger partial charge in [0.25, 0.3) is 5.91 Å². The average molecular weight is 407 g/mol. The zero-order valence-corrected chi connectivity index (χ0v) is 15.5. The molecule has 0 atom stereocenters. The van der Waals surface area contributed by atoms with Crippen molar-refractivity contribution < 1.29 is 27.1 Å². The second-order valence-electron chi connectivity index (χ2n) is 6.51. The van der Waals surface area contributed by atoms with Crippen LogP contribution < -0.4 is 10.1 Å². The smallest absolute Gasteiger partial charge is 0.416 e. The van der Waals surface area contributed by atoms with Crippen LogP contribution in [0.4, 0.5) is 23.2 Å². The molecule has 1 aromatic heterocycles. The van der Waals surface area contributed by atoms with E-state index in [0.29, 0.717) is 11.3 Å². The number of aromatic nitrogens is 2. The Kier molecular flexibility index (Phi) is 5.58. The zero-order valence-electron chi connectivity index (χ0n) is 15.5. The van der Waals surface area contributed by atoms with Crippen LogP contribution in [0.15, 0.2) is 48.5 Å². The Morgan fingerprint density at radius 3 is 2.59 bits per heavy atom. The van der Waals surface area contributed by atoms with Gasteiger partial charge in [-0.05, 0) is 50.2 Å². The van der Waals surface area contributed by atoms with Crippen LogP contribution in [0, 0.1) is 5.82 Å². The van der Waals surface area contributed by atoms with Crippen LogP contribution in [0.5, 0.6) is 5.75 Å². The summed E-state index contributed by atoms with van der Waals surface area (Å²) in [5, 5.41) is 8.96. The summed E-state index contributed by atoms with van der Waals surface area (Å²) in [6.45, 7) is 3.57. The molecular weight excluding hydrogens is 390 g/mol. The lowest BCUT2D eigenvalue weighted by Gasteiger charge is -2.13. The monoisotopic (exact) mass is 407 g/mol. The number of carbonyl (C=O) groups excluding carboxylic acids is 1. The molecule has 152 valence electrons. The molecule has 29 heavy (non-hydrogen) atoms. The van der Waals surface area contributed by atoms with E-state index < -0.39 is 23.5 Å². The average Bonchev–Trinajstić information content (AvgIpc) is 3.11. The lowest BCUT2D eigenvalue weighted by atomic mass is 10.1. The molecule has 2 N–H and O–H groups in total. The number of hydrogen-bond acceptors (Lipinski definition) is 3. The van der Waals surface area contributed by atoms with Gasteiger partial charge >= 0.3 is 6.18 Å². The first kappa shape index (κ1) is 20.4. The number of halogens is 4. The summed E-state index contributed by atoms with van der Waals surface area (Å²) in [6.07, 6.45) is -4.73. The summed E-state index contributed by atoms with van der Waals surface area (Å²) >= 11 is 0. The maximum Gasteiger partial charge on any atom is 0.416 e. The van der Waals surface area contributed by atoms with Gasteiger partial charge in [0, 0.05) is 17.3 Å². The molecule has 2 aromatic carbocycles. The molecule has 3 aromatic rings. The third-order valence-corrected chi connectivity index (χ3v) is 3.85. The predicted octanol–water partition coefficient (Wildman–Crippen LogP) is 5.27. The van der Waals surface area contributed by atoms with Crippen LogP contribution in [0.2, 0.25) is 0 Å². The molecule has 0 spiro atoms. The molecule has 0 aliphatic heterocycles. The Morgan fingerprint density at radius 1 is 1.14 bits per heavy atom. The number of ether oxygens (including phenoxy) is 1. The van der Waals surface area contributed by atoms with E-state index in [4.69, 9.17) is 4.74 Å². The van der Waals surface area contributed by atoms with Gasteiger partial charge in [0.15, 0.2) is 0 Å². The van der Waals surface area contributed by atoms with Gasteiger partial charge in [0.05, 0.1) is 17.4 Å². The first-order chi connectivity index (χ1) is 13.6. The van der Waals surface area contributed by atoms with Crippen LogP contribution >= 0.6 is 0 Å². The van der Waals surface area contributed by atoms with Gasteiger partial charge in [-0.1, -0.05) is 6.07 Å². The normalized spacial score (nSPS) is 11.6. The van der Waals surface area contributed by atoms with E-state index in [1.807, 2.05) is 0 Å². The van der Waals surface area contributed by atoms with Crippen LogP contribution in [-0.4, -0.2) is 22.2 Å². The van der Waals surface area contributed by atoms with E-state index in [1.165, 1.54) is 36.4 Å². The molecule has 3 rings (SSSR count). The van der Waals surface area contributed by atoms with E-state index in [9.17, 15) is 22.4 Å². The molecule has 0 unspecified atom stereocenters. The van der Waals surface area contributed by atoms with Gasteiger partial charge < -0.3 is 10.1 Å². The van der Waals surface area contributed by atoms with Gasteiger partial charge in [-0.25, -0.2) is 4.39 Å². The molecule has 9 heteroatoms. The third-order valence-electron chi connectivity index (χ3n) is 3.85. The van der Waals surface area contributed by atoms with E-state index >= 15 is 0 Å². The van der Waals surface area contributed by atoms with Crippen LogP contribution in [-0.2, 0) is 6.18 Å². The minimum atomic E-state index is -4.52. The van der Waals surface area contributed by atoms with Crippen molar-refractivity contribution in [3.8, 4) is 17.0 Å². The van der Waals surface area contributed by atoms with Crippen molar-refractivity contribution in [1.82, 2.24) is 10.2 Å². The number of rotatable bonds is 5. The van der Waals surface area contributed by atoms with E-state index in [0.717, 1.165) is 12.1 Å². The molecule has 0 fully saturated rings. The highest BCUT2D eigenvalue weighted by molar-refractivity contribution is 6.03. The largest absolute Gasteiger partial charge is 0.490 e. The molecule has 0 radical (unpaired) electrons. The first-order valence-electron chi connectivity index (χ1n) is 8.64. The Hall–Kier alpha value is -3.36. The second-order valence-corrected chi connectivity index (χ2v) is 6.51. The van der Waals surface area contributed by atoms with Crippen LogP contribution in [0.3, 0.4) is 0 Å². The minimum Gasteiger partial charge on any atom is -0.490 e. The number of carbonyl (C=O) groups is 1. The van der Waals surface area contributed by atoms with Crippen LogP contribution in [0.1, 0.15) is 29.9 Å². The first-order valence-corrected chi connectivity index (χ1v) is 8.64. The highest BCUT2D eigenvalue weighted by atomic mass is 19.4. The van der Waals surface area contributed by atoms with E-state index in [-0.39, 0.29) is 23.2 Å². The summed E-state index contributed by atoms with van der Waals surface area (Å²) in [4.78, 5) is 12.4. The van der Waals surface area contributed by atoms with Gasteiger partial charge in [-0.3, -0.25) is 9.89 Å². The summed E-state index contributed by atoms with van der Waals surface area (Å²) < 4.78 is 57.6. The van der Waals surface area contributed by atoms with Crippen molar-refractivity contribution in [3.05, 3.63) is 65.6 Å². The molecule has 0 aliphatic carbocycles. The van der Waals surface area contributed by atoms with Crippen molar-refractivity contribution in [3.63, 3.8) is 0 Å².